The van der Waals surface area contributed by atoms with Gasteiger partial charge in [0, 0.05) is 5.39 Å². The van der Waals surface area contributed by atoms with Crippen LogP contribution in [0.2, 0.25) is 0 Å². The number of nitrogens with zero attached hydrogens (tertiary/aromatic N) is 1. The molecule has 1 N–H and O–H groups in total. The molecule has 0 spiro atoms. The van der Waals surface area contributed by atoms with Crippen molar-refractivity contribution in [2.45, 2.75) is 6.92 Å². The molecule has 1 aromatic carbocycles. The minimum absolute atomic E-state index is 1.04. The lowest BCUT2D eigenvalue weighted by molar-refractivity contribution is 1.12. The standard InChI is InChI=1S/C12H12N2/c1-4-9-6-12-11(7-13-14-12)8(3)10(9)5-2/h4-7H,1-2H2,3H3,(H,13,14). The second kappa shape index (κ2) is 3.14. The third-order valence-electron chi connectivity index (χ3n) is 2.51. The molecule has 0 fully saturated rings. The second-order valence-electron chi connectivity index (χ2n) is 3.24. The van der Waals surface area contributed by atoms with Crippen LogP contribution in [-0.2, 0) is 0 Å². The fourth-order valence-corrected chi connectivity index (χ4v) is 1.74. The van der Waals surface area contributed by atoms with E-state index in [2.05, 4.69) is 30.3 Å². The average molecular weight is 184 g/mol. The quantitative estimate of drug-likeness (QED) is 0.763. The highest BCUT2D eigenvalue weighted by Crippen LogP contribution is 2.25. The summed E-state index contributed by atoms with van der Waals surface area (Å²) >= 11 is 0. The number of benzene rings is 1. The summed E-state index contributed by atoms with van der Waals surface area (Å²) in [5.41, 5.74) is 4.47. The molecule has 0 bridgehead atoms. The molecule has 0 aliphatic heterocycles. The van der Waals surface area contributed by atoms with E-state index in [-0.39, 0.29) is 0 Å². The van der Waals surface area contributed by atoms with Crippen LogP contribution in [0.15, 0.2) is 25.4 Å². The molecule has 0 aliphatic rings. The number of nitrogens with one attached hydrogen (secondary N) is 1. The molecule has 2 aromatic rings. The summed E-state index contributed by atoms with van der Waals surface area (Å²) in [6.07, 6.45) is 5.54. The van der Waals surface area contributed by atoms with Gasteiger partial charge in [-0.25, -0.2) is 0 Å². The Hall–Kier alpha value is -1.83. The monoisotopic (exact) mass is 184 g/mol. The van der Waals surface area contributed by atoms with Gasteiger partial charge in [0.15, 0.2) is 0 Å². The van der Waals surface area contributed by atoms with Gasteiger partial charge in [0.1, 0.15) is 0 Å². The Morgan fingerprint density at radius 2 is 2.14 bits per heavy atom. The first-order chi connectivity index (χ1) is 6.77. The molecule has 0 saturated carbocycles. The zero-order chi connectivity index (χ0) is 10.1. The second-order valence-corrected chi connectivity index (χ2v) is 3.24. The van der Waals surface area contributed by atoms with Crippen LogP contribution in [0.4, 0.5) is 0 Å². The van der Waals surface area contributed by atoms with Crippen molar-refractivity contribution in [2.75, 3.05) is 0 Å². The molecule has 2 heteroatoms. The molecule has 1 heterocycles. The number of aryl methyl sites for hydroxylation is 1. The summed E-state index contributed by atoms with van der Waals surface area (Å²) in [4.78, 5) is 0. The van der Waals surface area contributed by atoms with E-state index in [1.807, 2.05) is 24.4 Å². The first-order valence-corrected chi connectivity index (χ1v) is 4.49. The zero-order valence-electron chi connectivity index (χ0n) is 8.17. The lowest BCUT2D eigenvalue weighted by Gasteiger charge is -2.06. The van der Waals surface area contributed by atoms with Crippen molar-refractivity contribution in [3.63, 3.8) is 0 Å². The summed E-state index contributed by atoms with van der Waals surface area (Å²) < 4.78 is 0. The lowest BCUT2D eigenvalue weighted by Crippen LogP contribution is -1.87. The SMILES string of the molecule is C=Cc1cc2[nH]ncc2c(C)c1C=C. The van der Waals surface area contributed by atoms with E-state index >= 15 is 0 Å². The zero-order valence-corrected chi connectivity index (χ0v) is 8.17. The number of aromatic amines is 1. The first-order valence-electron chi connectivity index (χ1n) is 4.49. The number of hydrogen-bond acceptors (Lipinski definition) is 1. The van der Waals surface area contributed by atoms with Crippen LogP contribution in [0.1, 0.15) is 16.7 Å². The average Bonchev–Trinajstić information content (AvgIpc) is 2.65. The Balaban J connectivity index is 2.92. The Morgan fingerprint density at radius 1 is 1.36 bits per heavy atom. The molecule has 2 nitrogen and oxygen atoms in total. The van der Waals surface area contributed by atoms with Crippen LogP contribution < -0.4 is 0 Å². The summed E-state index contributed by atoms with van der Waals surface area (Å²) in [6.45, 7) is 9.67. The van der Waals surface area contributed by atoms with Gasteiger partial charge in [-0.1, -0.05) is 25.3 Å². The van der Waals surface area contributed by atoms with Gasteiger partial charge in [-0.3, -0.25) is 5.10 Å². The predicted octanol–water partition coefficient (Wildman–Crippen LogP) is 3.16. The van der Waals surface area contributed by atoms with E-state index in [0.717, 1.165) is 22.0 Å². The van der Waals surface area contributed by atoms with E-state index in [0.29, 0.717) is 0 Å². The van der Waals surface area contributed by atoms with Gasteiger partial charge in [0.25, 0.3) is 0 Å². The van der Waals surface area contributed by atoms with Crippen molar-refractivity contribution >= 4 is 23.1 Å². The molecule has 0 radical (unpaired) electrons. The van der Waals surface area contributed by atoms with Crippen molar-refractivity contribution in [3.8, 4) is 0 Å². The van der Waals surface area contributed by atoms with Crippen LogP contribution in [0.3, 0.4) is 0 Å². The largest absolute Gasteiger partial charge is 0.278 e. The van der Waals surface area contributed by atoms with Crippen molar-refractivity contribution in [3.05, 3.63) is 42.1 Å². The Labute approximate surface area is 83.0 Å². The number of H-pyrrole nitrogens is 1. The molecule has 70 valence electrons. The van der Waals surface area contributed by atoms with Crippen molar-refractivity contribution in [2.24, 2.45) is 0 Å². The van der Waals surface area contributed by atoms with E-state index in [9.17, 15) is 0 Å². The fourth-order valence-electron chi connectivity index (χ4n) is 1.74. The summed E-state index contributed by atoms with van der Waals surface area (Å²) in [6, 6.07) is 2.04. The van der Waals surface area contributed by atoms with Gasteiger partial charge >= 0.3 is 0 Å². The number of aromatic nitrogens is 2. The van der Waals surface area contributed by atoms with Gasteiger partial charge in [0.05, 0.1) is 11.7 Å². The maximum absolute atomic E-state index is 4.02. The first kappa shape index (κ1) is 8.75. The smallest absolute Gasteiger partial charge is 0.0659 e. The van der Waals surface area contributed by atoms with Crippen LogP contribution >= 0.6 is 0 Å². The Kier molecular flexibility index (Phi) is 1.97. The normalized spacial score (nSPS) is 10.4. The van der Waals surface area contributed by atoms with Gasteiger partial charge < -0.3 is 0 Å². The maximum atomic E-state index is 4.02. The van der Waals surface area contributed by atoms with E-state index < -0.39 is 0 Å². The minimum Gasteiger partial charge on any atom is -0.278 e. The molecule has 0 atom stereocenters. The topological polar surface area (TPSA) is 28.7 Å². The number of hydrogen-bond donors (Lipinski definition) is 1. The van der Waals surface area contributed by atoms with Gasteiger partial charge in [-0.15, -0.1) is 0 Å². The lowest BCUT2D eigenvalue weighted by atomic mass is 9.98. The summed E-state index contributed by atoms with van der Waals surface area (Å²) in [5, 5.41) is 8.12. The number of rotatable bonds is 2. The van der Waals surface area contributed by atoms with E-state index in [1.165, 1.54) is 5.56 Å². The molecule has 0 unspecified atom stereocenters. The molecule has 14 heavy (non-hydrogen) atoms. The molecular weight excluding hydrogens is 172 g/mol. The highest BCUT2D eigenvalue weighted by molar-refractivity contribution is 5.88. The maximum Gasteiger partial charge on any atom is 0.0659 e. The highest BCUT2D eigenvalue weighted by atomic mass is 15.1. The molecule has 0 amide bonds. The third kappa shape index (κ3) is 1.08. The molecule has 0 aliphatic carbocycles. The van der Waals surface area contributed by atoms with Crippen LogP contribution in [-0.4, -0.2) is 10.2 Å². The summed E-state index contributed by atoms with van der Waals surface area (Å²) in [5.74, 6) is 0. The molecular formula is C12H12N2. The van der Waals surface area contributed by atoms with Crippen molar-refractivity contribution in [1.82, 2.24) is 10.2 Å². The number of fused-ring (bicyclic) bond motifs is 1. The van der Waals surface area contributed by atoms with Crippen molar-refractivity contribution < 1.29 is 0 Å². The van der Waals surface area contributed by atoms with Crippen LogP contribution in [0.5, 0.6) is 0 Å². The highest BCUT2D eigenvalue weighted by Gasteiger charge is 2.06. The van der Waals surface area contributed by atoms with Crippen molar-refractivity contribution in [1.29, 1.82) is 0 Å². The van der Waals surface area contributed by atoms with E-state index in [1.54, 1.807) is 0 Å². The fraction of sp³-hybridized carbons (Fsp3) is 0.0833. The molecule has 2 rings (SSSR count). The van der Waals surface area contributed by atoms with Gasteiger partial charge in [-0.2, -0.15) is 5.10 Å². The third-order valence-corrected chi connectivity index (χ3v) is 2.51. The Morgan fingerprint density at radius 3 is 2.79 bits per heavy atom. The van der Waals surface area contributed by atoms with Crippen LogP contribution in [0, 0.1) is 6.92 Å². The van der Waals surface area contributed by atoms with Gasteiger partial charge in [0.2, 0.25) is 0 Å². The van der Waals surface area contributed by atoms with Crippen LogP contribution in [0.25, 0.3) is 23.1 Å². The Bertz CT molecular complexity index is 506. The summed E-state index contributed by atoms with van der Waals surface area (Å²) in [7, 11) is 0. The predicted molar refractivity (Wildman–Crippen MR) is 61.0 cm³/mol. The molecule has 1 aromatic heterocycles. The van der Waals surface area contributed by atoms with Gasteiger partial charge in [-0.05, 0) is 29.7 Å². The minimum atomic E-state index is 1.04. The van der Waals surface area contributed by atoms with E-state index in [4.69, 9.17) is 0 Å². The molecule has 0 saturated heterocycles.